The fourth-order valence-corrected chi connectivity index (χ4v) is 3.72. The topological polar surface area (TPSA) is 137 Å². The lowest BCUT2D eigenvalue weighted by molar-refractivity contribution is -0.193. The number of carbonyl (C=O) groups is 3. The molecule has 1 spiro atoms. The Morgan fingerprint density at radius 2 is 1.44 bits per heavy atom. The number of alkyl halides is 7. The minimum Gasteiger partial charge on any atom is -0.475 e. The van der Waals surface area contributed by atoms with Crippen molar-refractivity contribution in [2.24, 2.45) is 10.9 Å². The van der Waals surface area contributed by atoms with E-state index in [9.17, 15) is 35.5 Å². The molecule has 9 nitrogen and oxygen atoms in total. The van der Waals surface area contributed by atoms with Crippen LogP contribution in [-0.2, 0) is 19.1 Å². The normalized spacial score (nSPS) is 23.4. The highest BCUT2D eigenvalue weighted by Gasteiger charge is 2.45. The number of hydrogen-bond acceptors (Lipinski definition) is 6. The van der Waals surface area contributed by atoms with Crippen molar-refractivity contribution < 1.29 is 60.1 Å². The van der Waals surface area contributed by atoms with Crippen LogP contribution < -0.4 is 10.6 Å². The van der Waals surface area contributed by atoms with Gasteiger partial charge in [-0.1, -0.05) is 0 Å². The van der Waals surface area contributed by atoms with Gasteiger partial charge in [0.1, 0.15) is 11.4 Å². The molecule has 0 aromatic carbocycles. The molecular formula is C20H28F7N3O6. The van der Waals surface area contributed by atoms with Gasteiger partial charge in [0.05, 0.1) is 12.8 Å². The summed E-state index contributed by atoms with van der Waals surface area (Å²) in [6.07, 6.45) is -3.91. The summed E-state index contributed by atoms with van der Waals surface area (Å²) in [5, 5.41) is 20.6. The third-order valence-corrected chi connectivity index (χ3v) is 5.61. The predicted octanol–water partition coefficient (Wildman–Crippen LogP) is 2.84. The molecular weight excluding hydrogens is 511 g/mol. The van der Waals surface area contributed by atoms with Gasteiger partial charge in [0, 0.05) is 12.5 Å². The van der Waals surface area contributed by atoms with Gasteiger partial charge in [-0.25, -0.2) is 9.59 Å². The van der Waals surface area contributed by atoms with Crippen LogP contribution in [0.1, 0.15) is 44.9 Å². The Morgan fingerprint density at radius 1 is 0.972 bits per heavy atom. The molecule has 1 saturated heterocycles. The zero-order valence-corrected chi connectivity index (χ0v) is 19.1. The number of piperidine rings is 1. The first kappa shape index (κ1) is 31.5. The number of rotatable bonds is 5. The number of carbonyl (C=O) groups excluding carboxylic acids is 1. The van der Waals surface area contributed by atoms with Gasteiger partial charge in [-0.05, 0) is 58.0 Å². The number of amidine groups is 1. The Balaban J connectivity index is 0.000000383. The van der Waals surface area contributed by atoms with E-state index < -0.39 is 29.8 Å². The first-order chi connectivity index (χ1) is 16.6. The number of hydrogen-bond donors (Lipinski definition) is 4. The van der Waals surface area contributed by atoms with E-state index in [4.69, 9.17) is 29.5 Å². The van der Waals surface area contributed by atoms with E-state index in [2.05, 4.69) is 10.6 Å². The van der Waals surface area contributed by atoms with Gasteiger partial charge in [-0.15, -0.1) is 0 Å². The van der Waals surface area contributed by atoms with Gasteiger partial charge in [0.2, 0.25) is 0 Å². The SMILES string of the molecule is O=C(O)C(F)(F)F.O=C(O)C(F)(F)F.O=C1NC(C2CCC(OCCCF)CC2)=NC12CCNCC2. The maximum Gasteiger partial charge on any atom is 0.490 e. The number of ether oxygens (including phenoxy) is 1. The second-order valence-corrected chi connectivity index (χ2v) is 8.23. The molecule has 36 heavy (non-hydrogen) atoms. The summed E-state index contributed by atoms with van der Waals surface area (Å²) in [5.74, 6) is -4.18. The summed E-state index contributed by atoms with van der Waals surface area (Å²) >= 11 is 0. The Bertz CT molecular complexity index is 751. The molecule has 0 bridgehead atoms. The van der Waals surface area contributed by atoms with Crippen molar-refractivity contribution >= 4 is 23.7 Å². The van der Waals surface area contributed by atoms with Crippen molar-refractivity contribution in [3.63, 3.8) is 0 Å². The first-order valence-electron chi connectivity index (χ1n) is 11.0. The number of carboxylic acid groups (broad SMARTS) is 2. The number of amides is 1. The molecule has 208 valence electrons. The van der Waals surface area contributed by atoms with Crippen LogP contribution >= 0.6 is 0 Å². The second kappa shape index (κ2) is 13.7. The third-order valence-electron chi connectivity index (χ3n) is 5.61. The van der Waals surface area contributed by atoms with Crippen LogP contribution in [0, 0.1) is 5.92 Å². The highest BCUT2D eigenvalue weighted by molar-refractivity contribution is 6.09. The largest absolute Gasteiger partial charge is 0.490 e. The molecule has 0 aromatic heterocycles. The molecule has 3 rings (SSSR count). The maximum absolute atomic E-state index is 12.3. The van der Waals surface area contributed by atoms with E-state index in [1.54, 1.807) is 0 Å². The van der Waals surface area contributed by atoms with Crippen LogP contribution in [0.4, 0.5) is 30.7 Å². The number of carboxylic acids is 2. The average molecular weight is 539 g/mol. The van der Waals surface area contributed by atoms with Crippen LogP contribution in [0.2, 0.25) is 0 Å². The highest BCUT2D eigenvalue weighted by Crippen LogP contribution is 2.33. The zero-order chi connectivity index (χ0) is 27.6. The lowest BCUT2D eigenvalue weighted by Crippen LogP contribution is -2.47. The van der Waals surface area contributed by atoms with Crippen LogP contribution in [0.5, 0.6) is 0 Å². The number of nitrogens with zero attached hydrogens (tertiary/aromatic N) is 1. The molecule has 2 fully saturated rings. The van der Waals surface area contributed by atoms with Gasteiger partial charge < -0.3 is 25.6 Å². The molecule has 1 saturated carbocycles. The summed E-state index contributed by atoms with van der Waals surface area (Å²) in [7, 11) is 0. The quantitative estimate of drug-likeness (QED) is 0.312. The van der Waals surface area contributed by atoms with Gasteiger partial charge >= 0.3 is 24.3 Å². The van der Waals surface area contributed by atoms with E-state index in [1.807, 2.05) is 0 Å². The van der Waals surface area contributed by atoms with Crippen molar-refractivity contribution in [3.05, 3.63) is 0 Å². The van der Waals surface area contributed by atoms with E-state index in [0.29, 0.717) is 18.9 Å². The lowest BCUT2D eigenvalue weighted by Gasteiger charge is -2.29. The number of halogens is 7. The molecule has 16 heteroatoms. The molecule has 1 aliphatic carbocycles. The van der Waals surface area contributed by atoms with Gasteiger partial charge in [0.15, 0.2) is 0 Å². The summed E-state index contributed by atoms with van der Waals surface area (Å²) in [4.78, 5) is 34.9. The number of aliphatic carboxylic acids is 2. The Labute approximate surface area is 201 Å². The molecule has 2 heterocycles. The van der Waals surface area contributed by atoms with E-state index in [-0.39, 0.29) is 18.7 Å². The average Bonchev–Trinajstić information content (AvgIpc) is 3.10. The maximum atomic E-state index is 12.3. The molecule has 0 unspecified atom stereocenters. The van der Waals surface area contributed by atoms with Crippen molar-refractivity contribution in [2.75, 3.05) is 26.4 Å². The number of aliphatic imine (C=N–C) groups is 1. The molecule has 4 N–H and O–H groups in total. The number of nitrogens with one attached hydrogen (secondary N) is 2. The monoisotopic (exact) mass is 539 g/mol. The minimum absolute atomic E-state index is 0.0883. The molecule has 1 amide bonds. The zero-order valence-electron chi connectivity index (χ0n) is 19.1. The molecule has 0 aromatic rings. The van der Waals surface area contributed by atoms with Crippen LogP contribution in [0.25, 0.3) is 0 Å². The molecule has 0 atom stereocenters. The van der Waals surface area contributed by atoms with E-state index in [0.717, 1.165) is 57.5 Å². The molecule has 0 radical (unpaired) electrons. The minimum atomic E-state index is -5.08. The van der Waals surface area contributed by atoms with Crippen molar-refractivity contribution in [1.82, 2.24) is 10.6 Å². The third kappa shape index (κ3) is 10.2. The van der Waals surface area contributed by atoms with Crippen LogP contribution in [-0.4, -0.2) is 84.3 Å². The van der Waals surface area contributed by atoms with Gasteiger partial charge in [0.25, 0.3) is 5.91 Å². The fraction of sp³-hybridized carbons (Fsp3) is 0.800. The summed E-state index contributed by atoms with van der Waals surface area (Å²) < 4.78 is 81.2. The van der Waals surface area contributed by atoms with Crippen LogP contribution in [0.15, 0.2) is 4.99 Å². The Kier molecular flexibility index (Phi) is 12.0. The standard InChI is InChI=1S/C16H26FN3O2.2C2HF3O2/c17-8-1-11-22-13-4-2-12(3-5-13)14-19-15(21)16(20-14)6-9-18-10-7-16;2*3-2(4,5)1(6)7/h12-13,18H,1-11H2,(H,19,20,21);2*(H,6,7). The van der Waals surface area contributed by atoms with Gasteiger partial charge in [-0.2, -0.15) is 26.3 Å². The molecule has 2 aliphatic heterocycles. The highest BCUT2D eigenvalue weighted by atomic mass is 19.4. The predicted molar refractivity (Wildman–Crippen MR) is 110 cm³/mol. The van der Waals surface area contributed by atoms with Crippen molar-refractivity contribution in [1.29, 1.82) is 0 Å². The van der Waals surface area contributed by atoms with E-state index >= 15 is 0 Å². The van der Waals surface area contributed by atoms with Crippen molar-refractivity contribution in [3.8, 4) is 0 Å². The van der Waals surface area contributed by atoms with Crippen molar-refractivity contribution in [2.45, 2.75) is 68.9 Å². The lowest BCUT2D eigenvalue weighted by atomic mass is 9.86. The van der Waals surface area contributed by atoms with Crippen LogP contribution in [0.3, 0.4) is 0 Å². The van der Waals surface area contributed by atoms with E-state index in [1.165, 1.54) is 0 Å². The summed E-state index contributed by atoms with van der Waals surface area (Å²) in [5.41, 5.74) is -0.505. The fourth-order valence-electron chi connectivity index (χ4n) is 3.72. The first-order valence-corrected chi connectivity index (χ1v) is 11.0. The Hall–Kier alpha value is -2.49. The molecule has 3 aliphatic rings. The second-order valence-electron chi connectivity index (χ2n) is 8.23. The van der Waals surface area contributed by atoms with Gasteiger partial charge in [-0.3, -0.25) is 14.2 Å². The Morgan fingerprint density at radius 3 is 1.86 bits per heavy atom. The smallest absolute Gasteiger partial charge is 0.475 e. The summed E-state index contributed by atoms with van der Waals surface area (Å²) in [6.45, 7) is 1.92. The summed E-state index contributed by atoms with van der Waals surface area (Å²) in [6, 6.07) is 0.